The molecule has 0 spiro atoms. The number of hydrogen-bond donors (Lipinski definition) is 0. The molecule has 0 unspecified atom stereocenters. The summed E-state index contributed by atoms with van der Waals surface area (Å²) in [5.41, 5.74) is 6.56. The number of methoxy groups -OCH3 is 2. The average Bonchev–Trinajstić information content (AvgIpc) is 2.61. The van der Waals surface area contributed by atoms with E-state index in [9.17, 15) is 0 Å². The van der Waals surface area contributed by atoms with Gasteiger partial charge in [0.1, 0.15) is 11.5 Å². The number of aryl methyl sites for hydroxylation is 1. The maximum absolute atomic E-state index is 5.79. The standard InChI is InChI=1S/C24H38O2/c1-8-9-10-14-21-17-23(25-6)22(24(26-7)20(21)5)16-15-19(4)13-11-12-18(2)3/h12,15,17H,8-11,13-14,16H2,1-7H3/b19-15+. The van der Waals surface area contributed by atoms with Gasteiger partial charge in [0.2, 0.25) is 0 Å². The van der Waals surface area contributed by atoms with Crippen molar-refractivity contribution in [1.29, 1.82) is 0 Å². The highest BCUT2D eigenvalue weighted by Crippen LogP contribution is 2.36. The molecule has 0 amide bonds. The van der Waals surface area contributed by atoms with Gasteiger partial charge >= 0.3 is 0 Å². The topological polar surface area (TPSA) is 18.5 Å². The Morgan fingerprint density at radius 3 is 2.35 bits per heavy atom. The van der Waals surface area contributed by atoms with Gasteiger partial charge < -0.3 is 9.47 Å². The zero-order valence-electron chi connectivity index (χ0n) is 18.0. The molecule has 0 fully saturated rings. The van der Waals surface area contributed by atoms with Gasteiger partial charge in [-0.2, -0.15) is 0 Å². The second-order valence-electron chi connectivity index (χ2n) is 7.41. The molecule has 0 radical (unpaired) electrons. The summed E-state index contributed by atoms with van der Waals surface area (Å²) in [5.74, 6) is 1.94. The van der Waals surface area contributed by atoms with E-state index >= 15 is 0 Å². The van der Waals surface area contributed by atoms with Crippen LogP contribution in [0.1, 0.15) is 76.5 Å². The summed E-state index contributed by atoms with van der Waals surface area (Å²) in [7, 11) is 3.53. The maximum Gasteiger partial charge on any atom is 0.129 e. The highest BCUT2D eigenvalue weighted by Gasteiger charge is 2.16. The largest absolute Gasteiger partial charge is 0.496 e. The molecule has 0 aliphatic carbocycles. The maximum atomic E-state index is 5.79. The van der Waals surface area contributed by atoms with Crippen LogP contribution in [0.2, 0.25) is 0 Å². The zero-order chi connectivity index (χ0) is 19.5. The lowest BCUT2D eigenvalue weighted by Crippen LogP contribution is -2.03. The van der Waals surface area contributed by atoms with E-state index in [0.29, 0.717) is 0 Å². The lowest BCUT2D eigenvalue weighted by atomic mass is 9.95. The summed E-state index contributed by atoms with van der Waals surface area (Å²) < 4.78 is 11.5. The Kier molecular flexibility index (Phi) is 10.2. The smallest absolute Gasteiger partial charge is 0.129 e. The van der Waals surface area contributed by atoms with E-state index in [-0.39, 0.29) is 0 Å². The Morgan fingerprint density at radius 1 is 1.04 bits per heavy atom. The summed E-state index contributed by atoms with van der Waals surface area (Å²) in [6, 6.07) is 2.22. The van der Waals surface area contributed by atoms with E-state index in [0.717, 1.165) is 42.7 Å². The molecular weight excluding hydrogens is 320 g/mol. The molecule has 0 aliphatic heterocycles. The highest BCUT2D eigenvalue weighted by molar-refractivity contribution is 5.54. The summed E-state index contributed by atoms with van der Waals surface area (Å²) in [4.78, 5) is 0. The van der Waals surface area contributed by atoms with E-state index in [1.807, 2.05) is 0 Å². The van der Waals surface area contributed by atoms with Gasteiger partial charge in [0, 0.05) is 5.56 Å². The molecule has 0 saturated heterocycles. The fourth-order valence-electron chi connectivity index (χ4n) is 3.28. The minimum Gasteiger partial charge on any atom is -0.496 e. The van der Waals surface area contributed by atoms with Crippen LogP contribution in [-0.2, 0) is 12.8 Å². The van der Waals surface area contributed by atoms with Gasteiger partial charge in [-0.3, -0.25) is 0 Å². The van der Waals surface area contributed by atoms with Gasteiger partial charge in [-0.15, -0.1) is 0 Å². The Hall–Kier alpha value is -1.70. The molecular formula is C24H38O2. The third kappa shape index (κ3) is 6.90. The van der Waals surface area contributed by atoms with Crippen molar-refractivity contribution in [2.45, 2.75) is 79.6 Å². The first-order valence-electron chi connectivity index (χ1n) is 9.96. The number of rotatable bonds is 11. The lowest BCUT2D eigenvalue weighted by Gasteiger charge is -2.18. The fraction of sp³-hybridized carbons (Fsp3) is 0.583. The molecule has 1 aromatic rings. The molecule has 1 rings (SSSR count). The van der Waals surface area contributed by atoms with Crippen LogP contribution in [0.5, 0.6) is 11.5 Å². The van der Waals surface area contributed by atoms with Gasteiger partial charge in [-0.05, 0) is 77.0 Å². The van der Waals surface area contributed by atoms with Crippen molar-refractivity contribution in [3.8, 4) is 11.5 Å². The van der Waals surface area contributed by atoms with Crippen molar-refractivity contribution in [1.82, 2.24) is 0 Å². The fourth-order valence-corrected chi connectivity index (χ4v) is 3.28. The molecule has 0 saturated carbocycles. The third-order valence-corrected chi connectivity index (χ3v) is 4.92. The van der Waals surface area contributed by atoms with E-state index < -0.39 is 0 Å². The van der Waals surface area contributed by atoms with Crippen LogP contribution in [-0.4, -0.2) is 14.2 Å². The van der Waals surface area contributed by atoms with Crippen molar-refractivity contribution in [2.75, 3.05) is 14.2 Å². The summed E-state index contributed by atoms with van der Waals surface area (Å²) >= 11 is 0. The third-order valence-electron chi connectivity index (χ3n) is 4.92. The van der Waals surface area contributed by atoms with Crippen LogP contribution in [0.4, 0.5) is 0 Å². The van der Waals surface area contributed by atoms with Crippen molar-refractivity contribution in [2.24, 2.45) is 0 Å². The van der Waals surface area contributed by atoms with E-state index in [2.05, 4.69) is 52.8 Å². The van der Waals surface area contributed by atoms with E-state index in [1.165, 1.54) is 41.5 Å². The molecule has 2 heteroatoms. The number of ether oxygens (including phenoxy) is 2. The first kappa shape index (κ1) is 22.3. The second kappa shape index (κ2) is 11.8. The normalized spacial score (nSPS) is 11.4. The van der Waals surface area contributed by atoms with Crippen LogP contribution < -0.4 is 9.47 Å². The summed E-state index contributed by atoms with van der Waals surface area (Å²) in [5, 5.41) is 0. The monoisotopic (exact) mass is 358 g/mol. The number of hydrogen-bond acceptors (Lipinski definition) is 2. The zero-order valence-corrected chi connectivity index (χ0v) is 18.0. The lowest BCUT2D eigenvalue weighted by molar-refractivity contribution is 0.384. The molecule has 1 aromatic carbocycles. The molecule has 26 heavy (non-hydrogen) atoms. The predicted molar refractivity (Wildman–Crippen MR) is 114 cm³/mol. The van der Waals surface area contributed by atoms with E-state index in [4.69, 9.17) is 9.47 Å². The first-order chi connectivity index (χ1) is 12.4. The Labute approximate surface area is 161 Å². The molecule has 146 valence electrons. The van der Waals surface area contributed by atoms with Gasteiger partial charge in [0.25, 0.3) is 0 Å². The summed E-state index contributed by atoms with van der Waals surface area (Å²) in [6.07, 6.45) is 12.5. The highest BCUT2D eigenvalue weighted by atomic mass is 16.5. The van der Waals surface area contributed by atoms with Crippen molar-refractivity contribution in [3.63, 3.8) is 0 Å². The van der Waals surface area contributed by atoms with Crippen LogP contribution in [0.15, 0.2) is 29.4 Å². The number of benzene rings is 1. The van der Waals surface area contributed by atoms with Crippen LogP contribution in [0.3, 0.4) is 0 Å². The molecule has 0 heterocycles. The van der Waals surface area contributed by atoms with Gasteiger partial charge in [0.05, 0.1) is 14.2 Å². The average molecular weight is 359 g/mol. The van der Waals surface area contributed by atoms with Crippen LogP contribution in [0.25, 0.3) is 0 Å². The Balaban J connectivity index is 3.02. The Morgan fingerprint density at radius 2 is 1.77 bits per heavy atom. The van der Waals surface area contributed by atoms with Crippen molar-refractivity contribution in [3.05, 3.63) is 46.1 Å². The molecule has 2 nitrogen and oxygen atoms in total. The first-order valence-corrected chi connectivity index (χ1v) is 9.96. The van der Waals surface area contributed by atoms with Crippen molar-refractivity contribution < 1.29 is 9.47 Å². The minimum absolute atomic E-state index is 0.850. The van der Waals surface area contributed by atoms with Crippen LogP contribution in [0, 0.1) is 6.92 Å². The molecule has 0 N–H and O–H groups in total. The van der Waals surface area contributed by atoms with Crippen LogP contribution >= 0.6 is 0 Å². The Bertz CT molecular complexity index is 620. The molecule has 0 aliphatic rings. The molecule has 0 aromatic heterocycles. The quantitative estimate of drug-likeness (QED) is 0.314. The number of allylic oxidation sites excluding steroid dienone is 4. The molecule has 0 bridgehead atoms. The van der Waals surface area contributed by atoms with E-state index in [1.54, 1.807) is 14.2 Å². The van der Waals surface area contributed by atoms with Crippen molar-refractivity contribution >= 4 is 0 Å². The van der Waals surface area contributed by atoms with Gasteiger partial charge in [-0.25, -0.2) is 0 Å². The van der Waals surface area contributed by atoms with Gasteiger partial charge in [0.15, 0.2) is 0 Å². The summed E-state index contributed by atoms with van der Waals surface area (Å²) in [6.45, 7) is 10.9. The van der Waals surface area contributed by atoms with Gasteiger partial charge in [-0.1, -0.05) is 43.1 Å². The SMILES string of the molecule is CCCCCc1cc(OC)c(C/C=C(\C)CCC=C(C)C)c(OC)c1C. The molecule has 0 atom stereocenters. The predicted octanol–water partition coefficient (Wildman–Crippen LogP) is 6.98. The number of unbranched alkanes of at least 4 members (excludes halogenated alkanes) is 2. The minimum atomic E-state index is 0.850. The second-order valence-corrected chi connectivity index (χ2v) is 7.41.